The highest BCUT2D eigenvalue weighted by Crippen LogP contribution is 2.65. The van der Waals surface area contributed by atoms with E-state index in [9.17, 15) is 13.2 Å². The number of rotatable bonds is 2. The summed E-state index contributed by atoms with van der Waals surface area (Å²) in [4.78, 5) is 12.4. The Labute approximate surface area is 150 Å². The van der Waals surface area contributed by atoms with Gasteiger partial charge in [-0.3, -0.25) is 9.35 Å². The van der Waals surface area contributed by atoms with Gasteiger partial charge in [-0.25, -0.2) is 0 Å². The van der Waals surface area contributed by atoms with Gasteiger partial charge in [-0.05, 0) is 73.7 Å². The van der Waals surface area contributed by atoms with Crippen molar-refractivity contribution in [3.63, 3.8) is 0 Å². The third kappa shape index (κ3) is 2.67. The van der Waals surface area contributed by atoms with E-state index < -0.39 is 10.4 Å². The molecular formula is C19H28O5S. The van der Waals surface area contributed by atoms with Crippen LogP contribution in [0.25, 0.3) is 0 Å². The van der Waals surface area contributed by atoms with Gasteiger partial charge in [0.05, 0.1) is 0 Å². The van der Waals surface area contributed by atoms with Gasteiger partial charge in [-0.1, -0.05) is 13.8 Å². The van der Waals surface area contributed by atoms with Gasteiger partial charge in [0.15, 0.2) is 0 Å². The fourth-order valence-electron chi connectivity index (χ4n) is 6.82. The number of carbonyl (C=O) groups is 1. The van der Waals surface area contributed by atoms with Crippen LogP contribution >= 0.6 is 0 Å². The molecule has 25 heavy (non-hydrogen) atoms. The first-order valence-corrected chi connectivity index (χ1v) is 10.9. The second-order valence-corrected chi connectivity index (χ2v) is 10.2. The molecule has 6 atom stereocenters. The molecule has 0 spiro atoms. The van der Waals surface area contributed by atoms with E-state index in [0.29, 0.717) is 41.6 Å². The van der Waals surface area contributed by atoms with E-state index in [-0.39, 0.29) is 10.8 Å². The van der Waals surface area contributed by atoms with Crippen molar-refractivity contribution in [2.75, 3.05) is 0 Å². The first-order valence-electron chi connectivity index (χ1n) is 9.53. The molecule has 4 aliphatic rings. The number of allylic oxidation sites excluding steroid dienone is 2. The molecule has 0 saturated heterocycles. The van der Waals surface area contributed by atoms with Crippen molar-refractivity contribution in [1.29, 1.82) is 0 Å². The third-order valence-corrected chi connectivity index (χ3v) is 8.63. The van der Waals surface area contributed by atoms with Crippen LogP contribution in [0.2, 0.25) is 0 Å². The Morgan fingerprint density at radius 2 is 1.92 bits per heavy atom. The maximum atomic E-state index is 12.4. The highest BCUT2D eigenvalue weighted by atomic mass is 32.3. The SMILES string of the molecule is C[C@]12CC=C(OS(=O)(=O)O)C[C@@H]1CC[C@@H]1[C@@H]2CC[C@]2(C)C(=O)CC[C@@H]12. The fourth-order valence-corrected chi connectivity index (χ4v) is 7.23. The van der Waals surface area contributed by atoms with Crippen molar-refractivity contribution >= 4 is 16.2 Å². The third-order valence-electron chi connectivity index (χ3n) is 8.20. The second kappa shape index (κ2) is 5.56. The van der Waals surface area contributed by atoms with Crippen LogP contribution in [0.1, 0.15) is 65.2 Å². The Hall–Kier alpha value is -0.880. The summed E-state index contributed by atoms with van der Waals surface area (Å²) in [5, 5.41) is 0. The Kier molecular flexibility index (Phi) is 3.90. The van der Waals surface area contributed by atoms with Crippen LogP contribution in [0.4, 0.5) is 0 Å². The molecule has 4 aliphatic carbocycles. The molecule has 4 rings (SSSR count). The average molecular weight is 368 g/mol. The van der Waals surface area contributed by atoms with E-state index in [1.54, 1.807) is 0 Å². The van der Waals surface area contributed by atoms with Gasteiger partial charge in [0.2, 0.25) is 0 Å². The largest absolute Gasteiger partial charge is 0.446 e. The molecule has 3 saturated carbocycles. The van der Waals surface area contributed by atoms with Gasteiger partial charge in [0, 0.05) is 18.3 Å². The van der Waals surface area contributed by atoms with Gasteiger partial charge >= 0.3 is 10.4 Å². The monoisotopic (exact) mass is 368 g/mol. The van der Waals surface area contributed by atoms with Crippen LogP contribution in [0.3, 0.4) is 0 Å². The smallest absolute Gasteiger partial charge is 0.367 e. The topological polar surface area (TPSA) is 80.7 Å². The second-order valence-electron chi connectivity index (χ2n) is 9.16. The minimum absolute atomic E-state index is 0.103. The maximum Gasteiger partial charge on any atom is 0.446 e. The summed E-state index contributed by atoms with van der Waals surface area (Å²) >= 11 is 0. The summed E-state index contributed by atoms with van der Waals surface area (Å²) in [6.45, 7) is 4.53. The number of Topliss-reactive ketones (excluding diaryl/α,β-unsaturated/α-hetero) is 1. The first kappa shape index (κ1) is 17.5. The number of hydrogen-bond donors (Lipinski definition) is 1. The molecule has 0 amide bonds. The lowest BCUT2D eigenvalue weighted by Crippen LogP contribution is -2.52. The molecule has 0 aromatic heterocycles. The molecule has 0 aliphatic heterocycles. The quantitative estimate of drug-likeness (QED) is 0.747. The zero-order valence-electron chi connectivity index (χ0n) is 15.0. The van der Waals surface area contributed by atoms with Crippen LogP contribution in [0.15, 0.2) is 11.8 Å². The Balaban J connectivity index is 1.59. The normalized spacial score (nSPS) is 46.7. The molecule has 1 N–H and O–H groups in total. The van der Waals surface area contributed by atoms with Crippen molar-refractivity contribution in [3.8, 4) is 0 Å². The van der Waals surface area contributed by atoms with Gasteiger partial charge in [-0.2, -0.15) is 8.42 Å². The Bertz CT molecular complexity index is 726. The lowest BCUT2D eigenvalue weighted by Gasteiger charge is -2.58. The summed E-state index contributed by atoms with van der Waals surface area (Å²) in [5.41, 5.74) is 0.0378. The molecule has 0 aromatic rings. The highest BCUT2D eigenvalue weighted by Gasteiger charge is 2.59. The highest BCUT2D eigenvalue weighted by molar-refractivity contribution is 7.81. The lowest BCUT2D eigenvalue weighted by atomic mass is 9.46. The van der Waals surface area contributed by atoms with E-state index in [1.165, 1.54) is 0 Å². The van der Waals surface area contributed by atoms with E-state index in [0.717, 1.165) is 44.9 Å². The van der Waals surface area contributed by atoms with Crippen molar-refractivity contribution in [1.82, 2.24) is 0 Å². The zero-order valence-corrected chi connectivity index (χ0v) is 15.8. The first-order chi connectivity index (χ1) is 11.6. The van der Waals surface area contributed by atoms with Gasteiger partial charge < -0.3 is 4.18 Å². The molecular weight excluding hydrogens is 340 g/mol. The molecule has 0 aromatic carbocycles. The number of fused-ring (bicyclic) bond motifs is 5. The van der Waals surface area contributed by atoms with E-state index >= 15 is 0 Å². The van der Waals surface area contributed by atoms with Crippen LogP contribution < -0.4 is 0 Å². The molecule has 140 valence electrons. The molecule has 5 nitrogen and oxygen atoms in total. The van der Waals surface area contributed by atoms with Gasteiger partial charge in [-0.15, -0.1) is 0 Å². The molecule has 0 radical (unpaired) electrons. The van der Waals surface area contributed by atoms with Crippen molar-refractivity contribution in [3.05, 3.63) is 11.8 Å². The Morgan fingerprint density at radius 3 is 2.64 bits per heavy atom. The van der Waals surface area contributed by atoms with Gasteiger partial charge in [0.25, 0.3) is 0 Å². The number of carbonyl (C=O) groups excluding carboxylic acids is 1. The predicted molar refractivity (Wildman–Crippen MR) is 92.8 cm³/mol. The van der Waals surface area contributed by atoms with Crippen LogP contribution in [0.5, 0.6) is 0 Å². The van der Waals surface area contributed by atoms with Crippen molar-refractivity contribution in [2.45, 2.75) is 65.2 Å². The van der Waals surface area contributed by atoms with E-state index in [4.69, 9.17) is 8.74 Å². The minimum Gasteiger partial charge on any atom is -0.367 e. The average Bonchev–Trinajstić information content (AvgIpc) is 2.82. The molecule has 6 heteroatoms. The minimum atomic E-state index is -4.44. The van der Waals surface area contributed by atoms with Crippen molar-refractivity contribution in [2.24, 2.45) is 34.5 Å². The zero-order chi connectivity index (χ0) is 18.0. The summed E-state index contributed by atoms with van der Waals surface area (Å²) in [6.07, 6.45) is 9.29. The molecule has 3 fully saturated rings. The predicted octanol–water partition coefficient (Wildman–Crippen LogP) is 3.91. The summed E-state index contributed by atoms with van der Waals surface area (Å²) in [5.74, 6) is 2.98. The van der Waals surface area contributed by atoms with E-state index in [1.807, 2.05) is 6.08 Å². The van der Waals surface area contributed by atoms with Crippen LogP contribution in [0, 0.1) is 34.5 Å². The standard InChI is InChI=1S/C19H28O5S/c1-18-9-7-13(24-25(21,22)23)11-12(18)3-4-14-15-5-6-17(20)19(15,2)10-8-16(14)18/h7,12,14-16H,3-6,8-11H2,1-2H3,(H,21,22,23)/t12-,14-,15-,16-,18-,19-/m0/s1. The number of ketones is 1. The molecule has 0 bridgehead atoms. The lowest BCUT2D eigenvalue weighted by molar-refractivity contribution is -0.136. The number of hydrogen-bond acceptors (Lipinski definition) is 4. The Morgan fingerprint density at radius 1 is 1.16 bits per heavy atom. The summed E-state index contributed by atoms with van der Waals surface area (Å²) < 4.78 is 35.7. The van der Waals surface area contributed by atoms with Crippen LogP contribution in [-0.4, -0.2) is 18.8 Å². The molecule has 0 unspecified atom stereocenters. The fraction of sp³-hybridized carbons (Fsp3) is 0.842. The maximum absolute atomic E-state index is 12.4. The summed E-state index contributed by atoms with van der Waals surface area (Å²) in [6, 6.07) is 0. The van der Waals surface area contributed by atoms with E-state index in [2.05, 4.69) is 13.8 Å². The molecule has 0 heterocycles. The van der Waals surface area contributed by atoms with Crippen molar-refractivity contribution < 1.29 is 21.9 Å². The van der Waals surface area contributed by atoms with Gasteiger partial charge in [0.1, 0.15) is 11.5 Å². The van der Waals surface area contributed by atoms with Crippen LogP contribution in [-0.2, 0) is 19.4 Å². The summed E-state index contributed by atoms with van der Waals surface area (Å²) in [7, 11) is -4.44.